The molecule has 0 saturated carbocycles. The molecule has 0 aliphatic rings. The van der Waals surface area contributed by atoms with Gasteiger partial charge < -0.3 is 10.4 Å². The molecule has 2 rings (SSSR count). The van der Waals surface area contributed by atoms with Crippen molar-refractivity contribution in [3.63, 3.8) is 0 Å². The minimum absolute atomic E-state index is 0.00563. The lowest BCUT2D eigenvalue weighted by molar-refractivity contribution is 0.0941. The van der Waals surface area contributed by atoms with Crippen molar-refractivity contribution < 1.29 is 9.90 Å². The van der Waals surface area contributed by atoms with Crippen LogP contribution in [0.4, 0.5) is 0 Å². The third kappa shape index (κ3) is 4.84. The summed E-state index contributed by atoms with van der Waals surface area (Å²) in [6, 6.07) is 5.70. The smallest absolute Gasteiger partial charge is 0.263 e. The average Bonchev–Trinajstić information content (AvgIpc) is 3.02. The molecule has 0 spiro atoms. The average molecular weight is 333 g/mol. The predicted octanol–water partition coefficient (Wildman–Crippen LogP) is 2.42. The molecular weight excluding hydrogens is 310 g/mol. The Morgan fingerprint density at radius 2 is 2.13 bits per heavy atom. The normalized spacial score (nSPS) is 12.9. The van der Waals surface area contributed by atoms with Gasteiger partial charge in [-0.15, -0.1) is 11.3 Å². The fourth-order valence-electron chi connectivity index (χ4n) is 2.27. The maximum absolute atomic E-state index is 12.4. The van der Waals surface area contributed by atoms with Crippen molar-refractivity contribution in [3.8, 4) is 0 Å². The molecule has 2 N–H and O–H groups in total. The molecule has 0 saturated heterocycles. The van der Waals surface area contributed by atoms with E-state index in [0.29, 0.717) is 17.8 Å². The Kier molecular flexibility index (Phi) is 5.85. The molecule has 0 aromatic carbocycles. The van der Waals surface area contributed by atoms with Gasteiger partial charge in [0.25, 0.3) is 5.91 Å². The van der Waals surface area contributed by atoms with E-state index >= 15 is 0 Å². The topological polar surface area (TPSA) is 75.1 Å². The van der Waals surface area contributed by atoms with Gasteiger partial charge in [0, 0.05) is 36.4 Å². The van der Waals surface area contributed by atoms with Gasteiger partial charge >= 0.3 is 0 Å². The summed E-state index contributed by atoms with van der Waals surface area (Å²) in [6.07, 6.45) is 2.36. The molecule has 2 aromatic heterocycles. The molecule has 0 aliphatic carbocycles. The molecule has 23 heavy (non-hydrogen) atoms. The Labute approximate surface area is 140 Å². The summed E-state index contributed by atoms with van der Waals surface area (Å²) >= 11 is 1.35. The van der Waals surface area contributed by atoms with Gasteiger partial charge in [0.05, 0.1) is 11.2 Å². The second-order valence-electron chi connectivity index (χ2n) is 6.56. The molecule has 1 unspecified atom stereocenters. The number of hydrogen-bond acceptors (Lipinski definition) is 5. The van der Waals surface area contributed by atoms with Gasteiger partial charge in [0.15, 0.2) is 0 Å². The lowest BCUT2D eigenvalue weighted by atomic mass is 9.91. The molecule has 2 heterocycles. The van der Waals surface area contributed by atoms with Gasteiger partial charge in [-0.3, -0.25) is 9.78 Å². The van der Waals surface area contributed by atoms with Crippen LogP contribution >= 0.6 is 11.3 Å². The summed E-state index contributed by atoms with van der Waals surface area (Å²) in [5.41, 5.74) is 3.25. The Balaban J connectivity index is 1.96. The van der Waals surface area contributed by atoms with Crippen LogP contribution in [0.3, 0.4) is 0 Å². The number of thiazole rings is 1. The zero-order chi connectivity index (χ0) is 16.9. The van der Waals surface area contributed by atoms with Gasteiger partial charge in [-0.1, -0.05) is 26.8 Å². The van der Waals surface area contributed by atoms with Gasteiger partial charge in [-0.05, 0) is 18.6 Å². The van der Waals surface area contributed by atoms with E-state index in [2.05, 4.69) is 15.3 Å². The Bertz CT molecular complexity index is 635. The molecule has 0 fully saturated rings. The molecule has 5 nitrogen and oxygen atoms in total. The van der Waals surface area contributed by atoms with E-state index in [1.54, 1.807) is 11.7 Å². The lowest BCUT2D eigenvalue weighted by Gasteiger charge is -2.18. The summed E-state index contributed by atoms with van der Waals surface area (Å²) in [5, 5.41) is 12.4. The maximum atomic E-state index is 12.4. The number of carbonyl (C=O) groups excluding carboxylic acids is 1. The van der Waals surface area contributed by atoms with E-state index in [1.165, 1.54) is 11.3 Å². The molecule has 6 heteroatoms. The van der Waals surface area contributed by atoms with Crippen molar-refractivity contribution in [2.75, 3.05) is 13.2 Å². The fourth-order valence-corrected chi connectivity index (χ4v) is 3.19. The van der Waals surface area contributed by atoms with Crippen molar-refractivity contribution in [1.29, 1.82) is 0 Å². The highest BCUT2D eigenvalue weighted by Gasteiger charge is 2.25. The summed E-state index contributed by atoms with van der Waals surface area (Å²) in [4.78, 5) is 21.6. The molecule has 0 radical (unpaired) electrons. The number of nitrogens with one attached hydrogen (secondary N) is 1. The monoisotopic (exact) mass is 333 g/mol. The van der Waals surface area contributed by atoms with Gasteiger partial charge in [-0.25, -0.2) is 4.98 Å². The van der Waals surface area contributed by atoms with Crippen molar-refractivity contribution in [2.24, 2.45) is 5.92 Å². The highest BCUT2D eigenvalue weighted by Crippen LogP contribution is 2.27. The van der Waals surface area contributed by atoms with Crippen LogP contribution in [-0.2, 0) is 11.8 Å². The number of amides is 1. The number of nitrogens with zero attached hydrogens (tertiary/aromatic N) is 2. The first kappa shape index (κ1) is 17.6. The first-order chi connectivity index (χ1) is 10.9. The zero-order valence-corrected chi connectivity index (χ0v) is 14.6. The molecular formula is C17H23N3O2S. The molecule has 0 aliphatic heterocycles. The Hall–Kier alpha value is -1.79. The number of aromatic nitrogens is 2. The van der Waals surface area contributed by atoms with Gasteiger partial charge in [0.2, 0.25) is 0 Å². The third-order valence-electron chi connectivity index (χ3n) is 3.52. The number of pyridine rings is 1. The highest BCUT2D eigenvalue weighted by molar-refractivity contribution is 7.11. The summed E-state index contributed by atoms with van der Waals surface area (Å²) in [6.45, 7) is 6.53. The quantitative estimate of drug-likeness (QED) is 0.851. The largest absolute Gasteiger partial charge is 0.396 e. The lowest BCUT2D eigenvalue weighted by Crippen LogP contribution is -2.33. The van der Waals surface area contributed by atoms with E-state index in [9.17, 15) is 9.90 Å². The van der Waals surface area contributed by atoms with Crippen LogP contribution in [0.2, 0.25) is 0 Å². The van der Waals surface area contributed by atoms with E-state index in [-0.39, 0.29) is 23.8 Å². The summed E-state index contributed by atoms with van der Waals surface area (Å²) in [7, 11) is 0. The molecule has 0 bridgehead atoms. The van der Waals surface area contributed by atoms with E-state index < -0.39 is 0 Å². The minimum atomic E-state index is -0.170. The second kappa shape index (κ2) is 7.66. The van der Waals surface area contributed by atoms with Crippen LogP contribution < -0.4 is 5.32 Å². The van der Waals surface area contributed by atoms with Gasteiger partial charge in [-0.2, -0.15) is 0 Å². The number of aliphatic hydroxyl groups excluding tert-OH is 1. The number of aliphatic hydroxyl groups is 1. The van der Waals surface area contributed by atoms with Crippen LogP contribution in [0.25, 0.3) is 0 Å². The standard InChI is InChI=1S/C17H23N3O2S/c1-17(2,3)15-14(23-11-20-15)16(22)19-9-12(10-21)8-13-6-4-5-7-18-13/h4-7,11-12,21H,8-10H2,1-3H3,(H,19,22). The van der Waals surface area contributed by atoms with Crippen molar-refractivity contribution >= 4 is 17.2 Å². The van der Waals surface area contributed by atoms with Crippen molar-refractivity contribution in [2.45, 2.75) is 32.6 Å². The van der Waals surface area contributed by atoms with Crippen LogP contribution in [0.1, 0.15) is 41.8 Å². The minimum Gasteiger partial charge on any atom is -0.396 e. The Morgan fingerprint density at radius 1 is 1.35 bits per heavy atom. The maximum Gasteiger partial charge on any atom is 0.263 e. The van der Waals surface area contributed by atoms with E-state index in [1.807, 2.05) is 39.0 Å². The van der Waals surface area contributed by atoms with Crippen LogP contribution in [0, 0.1) is 5.92 Å². The SMILES string of the molecule is CC(C)(C)c1ncsc1C(=O)NCC(CO)Cc1ccccn1. The highest BCUT2D eigenvalue weighted by atomic mass is 32.1. The molecule has 1 atom stereocenters. The first-order valence-electron chi connectivity index (χ1n) is 7.64. The zero-order valence-electron chi connectivity index (χ0n) is 13.7. The third-order valence-corrected chi connectivity index (χ3v) is 4.34. The molecule has 124 valence electrons. The first-order valence-corrected chi connectivity index (χ1v) is 8.52. The van der Waals surface area contributed by atoms with Crippen molar-refractivity contribution in [3.05, 3.63) is 46.2 Å². The number of rotatable bonds is 6. The Morgan fingerprint density at radius 3 is 2.74 bits per heavy atom. The van der Waals surface area contributed by atoms with Crippen LogP contribution in [0.15, 0.2) is 29.9 Å². The van der Waals surface area contributed by atoms with E-state index in [0.717, 1.165) is 11.4 Å². The second-order valence-corrected chi connectivity index (χ2v) is 7.42. The van der Waals surface area contributed by atoms with Crippen LogP contribution in [-0.4, -0.2) is 34.1 Å². The van der Waals surface area contributed by atoms with Crippen molar-refractivity contribution in [1.82, 2.24) is 15.3 Å². The van der Waals surface area contributed by atoms with Crippen LogP contribution in [0.5, 0.6) is 0 Å². The summed E-state index contributed by atoms with van der Waals surface area (Å²) in [5.74, 6) is -0.184. The van der Waals surface area contributed by atoms with E-state index in [4.69, 9.17) is 0 Å². The number of carbonyl (C=O) groups is 1. The van der Waals surface area contributed by atoms with Gasteiger partial charge in [0.1, 0.15) is 4.88 Å². The fraction of sp³-hybridized carbons (Fsp3) is 0.471. The summed E-state index contributed by atoms with van der Waals surface area (Å²) < 4.78 is 0. The molecule has 1 amide bonds. The molecule has 2 aromatic rings. The predicted molar refractivity (Wildman–Crippen MR) is 91.7 cm³/mol. The number of hydrogen-bond donors (Lipinski definition) is 2.